The molecule has 2 saturated heterocycles. The molecule has 2 aliphatic heterocycles. The van der Waals surface area contributed by atoms with Gasteiger partial charge in [0.2, 0.25) is 0 Å². The van der Waals surface area contributed by atoms with Crippen molar-refractivity contribution in [2.45, 2.75) is 137 Å². The smallest absolute Gasteiger partial charge is 0.306 e. The van der Waals surface area contributed by atoms with E-state index >= 15 is 0 Å². The maximum atomic E-state index is 12.5. The summed E-state index contributed by atoms with van der Waals surface area (Å²) in [5, 5.41) is 0. The Labute approximate surface area is 226 Å². The van der Waals surface area contributed by atoms with Crippen LogP contribution in [-0.4, -0.2) is 30.6 Å². The fourth-order valence-electron chi connectivity index (χ4n) is 11.0. The third-order valence-corrected chi connectivity index (χ3v) is 13.4. The van der Waals surface area contributed by atoms with Crippen LogP contribution in [0.15, 0.2) is 0 Å². The zero-order valence-electron chi connectivity index (χ0n) is 24.6. The van der Waals surface area contributed by atoms with Crippen molar-refractivity contribution in [3.8, 4) is 0 Å². The van der Waals surface area contributed by atoms with Crippen molar-refractivity contribution in [2.24, 2.45) is 58.2 Å². The van der Waals surface area contributed by atoms with Crippen LogP contribution in [0, 0.1) is 58.2 Å². The molecule has 0 N–H and O–H groups in total. The van der Waals surface area contributed by atoms with Crippen molar-refractivity contribution in [3.05, 3.63) is 0 Å². The Hall–Kier alpha value is -0.610. The molecule has 0 bridgehead atoms. The number of hydrogen-bond donors (Lipinski definition) is 0. The second-order valence-corrected chi connectivity index (χ2v) is 15.3. The fraction of sp³-hybridized carbons (Fsp3) is 0.970. The molecule has 6 rings (SSSR count). The Bertz CT molecular complexity index is 862. The van der Waals surface area contributed by atoms with Crippen LogP contribution in [0.25, 0.3) is 0 Å². The van der Waals surface area contributed by atoms with Crippen LogP contribution in [0.3, 0.4) is 0 Å². The van der Waals surface area contributed by atoms with Gasteiger partial charge in [0.1, 0.15) is 6.10 Å². The summed E-state index contributed by atoms with van der Waals surface area (Å²) in [6.07, 6.45) is 14.6. The molecule has 4 saturated carbocycles. The third kappa shape index (κ3) is 4.16. The molecule has 37 heavy (non-hydrogen) atoms. The van der Waals surface area contributed by atoms with Crippen molar-refractivity contribution < 1.29 is 19.0 Å². The number of carbonyl (C=O) groups excluding carboxylic acids is 1. The van der Waals surface area contributed by atoms with E-state index in [1.165, 1.54) is 44.9 Å². The van der Waals surface area contributed by atoms with Gasteiger partial charge in [0.05, 0.1) is 12.7 Å². The highest BCUT2D eigenvalue weighted by molar-refractivity contribution is 5.69. The number of rotatable bonds is 4. The van der Waals surface area contributed by atoms with E-state index in [2.05, 4.69) is 41.5 Å². The first-order chi connectivity index (χ1) is 17.6. The number of carbonyl (C=O) groups is 1. The Morgan fingerprint density at radius 1 is 0.973 bits per heavy atom. The average molecular weight is 515 g/mol. The lowest BCUT2D eigenvalue weighted by molar-refractivity contribution is -0.273. The zero-order valence-corrected chi connectivity index (χ0v) is 24.6. The van der Waals surface area contributed by atoms with Gasteiger partial charge in [-0.25, -0.2) is 0 Å². The highest BCUT2D eigenvalue weighted by atomic mass is 16.7. The molecule has 0 aromatic heterocycles. The normalized spacial score (nSPS) is 53.6. The first kappa shape index (κ1) is 26.6. The van der Waals surface area contributed by atoms with E-state index < -0.39 is 0 Å². The second-order valence-electron chi connectivity index (χ2n) is 15.3. The summed E-state index contributed by atoms with van der Waals surface area (Å²) in [6, 6.07) is 0. The lowest BCUT2D eigenvalue weighted by atomic mass is 9.44. The van der Waals surface area contributed by atoms with Crippen LogP contribution in [0.1, 0.15) is 119 Å². The van der Waals surface area contributed by atoms with Crippen LogP contribution in [0.4, 0.5) is 0 Å². The monoisotopic (exact) mass is 514 g/mol. The van der Waals surface area contributed by atoms with Crippen molar-refractivity contribution in [3.63, 3.8) is 0 Å². The Morgan fingerprint density at radius 3 is 2.49 bits per heavy atom. The molecular weight excluding hydrogens is 460 g/mol. The van der Waals surface area contributed by atoms with Gasteiger partial charge in [-0.05, 0) is 110 Å². The Kier molecular flexibility index (Phi) is 6.83. The van der Waals surface area contributed by atoms with E-state index in [0.29, 0.717) is 52.9 Å². The van der Waals surface area contributed by atoms with E-state index in [-0.39, 0.29) is 17.9 Å². The maximum Gasteiger partial charge on any atom is 0.306 e. The van der Waals surface area contributed by atoms with Crippen LogP contribution < -0.4 is 0 Å². The Morgan fingerprint density at radius 2 is 1.76 bits per heavy atom. The number of hydrogen-bond acceptors (Lipinski definition) is 4. The molecule has 210 valence electrons. The average Bonchev–Trinajstić information content (AvgIpc) is 3.31. The molecule has 0 amide bonds. The van der Waals surface area contributed by atoms with Crippen LogP contribution in [0.2, 0.25) is 0 Å². The van der Waals surface area contributed by atoms with Crippen molar-refractivity contribution in [1.82, 2.24) is 0 Å². The SMILES string of the molecule is CCC(C)CC(=O)O[C@@H]1CC[C@]2(C)C3CC[C@@]4(C)C(C[C@@H]5OC6(CC[C@@H](C)CO6)[C@@H](C)[C@@H]54)[C@@H]3CC[C@H]2C1. The topological polar surface area (TPSA) is 44.8 Å². The summed E-state index contributed by atoms with van der Waals surface area (Å²) >= 11 is 0. The lowest BCUT2D eigenvalue weighted by Gasteiger charge is -2.61. The predicted molar refractivity (Wildman–Crippen MR) is 146 cm³/mol. The van der Waals surface area contributed by atoms with E-state index in [9.17, 15) is 4.79 Å². The molecule has 2 heterocycles. The predicted octanol–water partition coefficient (Wildman–Crippen LogP) is 7.78. The molecule has 1 spiro atoms. The number of ether oxygens (including phenoxy) is 3. The second kappa shape index (κ2) is 9.50. The van der Waals surface area contributed by atoms with Crippen molar-refractivity contribution in [2.75, 3.05) is 6.61 Å². The van der Waals surface area contributed by atoms with Gasteiger partial charge >= 0.3 is 5.97 Å². The molecule has 4 heteroatoms. The van der Waals surface area contributed by atoms with Gasteiger partial charge in [-0.15, -0.1) is 0 Å². The van der Waals surface area contributed by atoms with E-state index in [4.69, 9.17) is 14.2 Å². The molecule has 4 nitrogen and oxygen atoms in total. The lowest BCUT2D eigenvalue weighted by Crippen LogP contribution is -2.55. The molecular formula is C33H54O4. The van der Waals surface area contributed by atoms with Crippen LogP contribution in [0.5, 0.6) is 0 Å². The molecule has 0 radical (unpaired) electrons. The van der Waals surface area contributed by atoms with E-state index in [0.717, 1.165) is 50.0 Å². The summed E-state index contributed by atoms with van der Waals surface area (Å²) in [5.74, 6) is 5.15. The van der Waals surface area contributed by atoms with Crippen molar-refractivity contribution >= 4 is 5.97 Å². The fourth-order valence-corrected chi connectivity index (χ4v) is 11.0. The summed E-state index contributed by atoms with van der Waals surface area (Å²) in [5.41, 5.74) is 0.810. The first-order valence-corrected chi connectivity index (χ1v) is 16.1. The highest BCUT2D eigenvalue weighted by Crippen LogP contribution is 2.71. The first-order valence-electron chi connectivity index (χ1n) is 16.1. The van der Waals surface area contributed by atoms with Gasteiger partial charge in [-0.2, -0.15) is 0 Å². The van der Waals surface area contributed by atoms with Gasteiger partial charge in [0.25, 0.3) is 0 Å². The summed E-state index contributed by atoms with van der Waals surface area (Å²) < 4.78 is 19.5. The molecule has 6 fully saturated rings. The molecule has 0 aromatic carbocycles. The Balaban J connectivity index is 1.13. The summed E-state index contributed by atoms with van der Waals surface area (Å²) in [7, 11) is 0. The standard InChI is InChI=1S/C33H54O4/c1-7-20(2)16-29(34)36-24-11-13-31(5)23(17-24)8-9-25-26(31)12-14-32(6)27(25)18-28-30(32)22(4)33(37-28)15-10-21(3)19-35-33/h20-28,30H,7-19H2,1-6H3/t20?,21-,22+,23+,24-,25-,26?,27?,28+,30+,31+,32+,33?/m1/s1. The van der Waals surface area contributed by atoms with E-state index in [1.54, 1.807) is 0 Å². The minimum absolute atomic E-state index is 0.0332. The van der Waals surface area contributed by atoms with Crippen molar-refractivity contribution in [1.29, 1.82) is 0 Å². The maximum absolute atomic E-state index is 12.5. The van der Waals surface area contributed by atoms with Gasteiger partial charge in [-0.1, -0.05) is 48.0 Å². The quantitative estimate of drug-likeness (QED) is 0.359. The highest BCUT2D eigenvalue weighted by Gasteiger charge is 2.69. The molecule has 4 unspecified atom stereocenters. The van der Waals surface area contributed by atoms with Crippen LogP contribution in [-0.2, 0) is 19.0 Å². The minimum atomic E-state index is -0.305. The minimum Gasteiger partial charge on any atom is -0.462 e. The van der Waals surface area contributed by atoms with E-state index in [1.807, 2.05) is 0 Å². The molecule has 0 aromatic rings. The van der Waals surface area contributed by atoms with Gasteiger partial charge in [0, 0.05) is 18.8 Å². The van der Waals surface area contributed by atoms with Gasteiger partial charge < -0.3 is 14.2 Å². The molecule has 4 aliphatic carbocycles. The summed E-state index contributed by atoms with van der Waals surface area (Å²) in [6.45, 7) is 15.2. The number of esters is 1. The molecule has 6 aliphatic rings. The largest absolute Gasteiger partial charge is 0.462 e. The zero-order chi connectivity index (χ0) is 26.2. The molecule has 13 atom stereocenters. The number of fused-ring (bicyclic) bond motifs is 7. The van der Waals surface area contributed by atoms with Gasteiger partial charge in [0.15, 0.2) is 5.79 Å². The summed E-state index contributed by atoms with van der Waals surface area (Å²) in [4.78, 5) is 12.5. The van der Waals surface area contributed by atoms with Crippen LogP contribution >= 0.6 is 0 Å². The third-order valence-electron chi connectivity index (χ3n) is 13.4. The van der Waals surface area contributed by atoms with Gasteiger partial charge in [-0.3, -0.25) is 4.79 Å².